The average molecular weight is 447 g/mol. The predicted octanol–water partition coefficient (Wildman–Crippen LogP) is 2.36. The maximum Gasteiger partial charge on any atom is 0.166 e. The highest BCUT2D eigenvalue weighted by Crippen LogP contribution is 2.36. The molecular formula is C25H23BrN2O. The molecule has 5 aromatic rings. The second kappa shape index (κ2) is 9.39. The molecule has 0 fully saturated rings. The number of pyridine rings is 1. The van der Waals surface area contributed by atoms with Gasteiger partial charge >= 0.3 is 0 Å². The summed E-state index contributed by atoms with van der Waals surface area (Å²) in [6, 6.07) is 28.3. The Kier molecular flexibility index (Phi) is 6.68. The summed E-state index contributed by atoms with van der Waals surface area (Å²) in [4.78, 5) is 2.89. The van der Waals surface area contributed by atoms with Crippen LogP contribution >= 0.6 is 0 Å². The summed E-state index contributed by atoms with van der Waals surface area (Å²) in [5.74, 6) is 0.347. The molecule has 0 aliphatic carbocycles. The largest absolute Gasteiger partial charge is 1.00 e. The number of phenolic OH excluding ortho intramolecular Hbond substituents is 1. The van der Waals surface area contributed by atoms with Crippen LogP contribution in [0.3, 0.4) is 0 Å². The number of aromatic nitrogens is 2. The molecule has 4 heteroatoms. The van der Waals surface area contributed by atoms with E-state index in [9.17, 15) is 5.11 Å². The lowest BCUT2D eigenvalue weighted by Crippen LogP contribution is -3.00. The molecular weight excluding hydrogens is 424 g/mol. The molecule has 3 aromatic carbocycles. The highest BCUT2D eigenvalue weighted by molar-refractivity contribution is 6.11. The average Bonchev–Trinajstić information content (AvgIpc) is 3.07. The Morgan fingerprint density at radius 3 is 2.14 bits per heavy atom. The summed E-state index contributed by atoms with van der Waals surface area (Å²) in [6.45, 7) is 2.93. The second-order valence-electron chi connectivity index (χ2n) is 6.79. The molecule has 0 spiro atoms. The summed E-state index contributed by atoms with van der Waals surface area (Å²) in [5.41, 5.74) is 4.76. The van der Waals surface area contributed by atoms with Gasteiger partial charge in [-0.15, -0.1) is 0 Å². The number of nitrogens with zero attached hydrogens (tertiary/aromatic N) is 1. The zero-order valence-electron chi connectivity index (χ0n) is 16.2. The zero-order chi connectivity index (χ0) is 19.3. The van der Waals surface area contributed by atoms with Gasteiger partial charge in [-0.05, 0) is 30.2 Å². The van der Waals surface area contributed by atoms with Crippen LogP contribution in [0.4, 0.5) is 0 Å². The van der Waals surface area contributed by atoms with Crippen molar-refractivity contribution in [2.24, 2.45) is 0 Å². The van der Waals surface area contributed by atoms with Crippen molar-refractivity contribution in [3.05, 3.63) is 108 Å². The number of para-hydroxylation sites is 1. The van der Waals surface area contributed by atoms with E-state index in [1.54, 1.807) is 6.07 Å². The van der Waals surface area contributed by atoms with E-state index < -0.39 is 0 Å². The van der Waals surface area contributed by atoms with Crippen LogP contribution in [0, 0.1) is 6.92 Å². The fourth-order valence-corrected chi connectivity index (χ4v) is 3.64. The van der Waals surface area contributed by atoms with Crippen molar-refractivity contribution in [1.82, 2.24) is 4.57 Å². The molecule has 0 unspecified atom stereocenters. The lowest BCUT2D eigenvalue weighted by atomic mass is 10.1. The molecule has 0 aliphatic heterocycles. The number of benzene rings is 3. The molecule has 3 nitrogen and oxygen atoms in total. The van der Waals surface area contributed by atoms with Crippen molar-refractivity contribution in [2.75, 3.05) is 0 Å². The Balaban J connectivity index is 0.000000297. The van der Waals surface area contributed by atoms with E-state index in [0.29, 0.717) is 5.75 Å². The van der Waals surface area contributed by atoms with E-state index in [-0.39, 0.29) is 17.0 Å². The molecule has 0 bridgehead atoms. The number of nitrogens with one attached hydrogen (secondary N) is 1. The Hall–Kier alpha value is -3.11. The number of aryl methyl sites for hydroxylation is 1. The normalized spacial score (nSPS) is 10.2. The van der Waals surface area contributed by atoms with Gasteiger partial charge in [-0.3, -0.25) is 0 Å². The summed E-state index contributed by atoms with van der Waals surface area (Å²) in [5, 5.41) is 12.4. The fourth-order valence-electron chi connectivity index (χ4n) is 3.64. The highest BCUT2D eigenvalue weighted by atomic mass is 79.9. The number of aromatic amines is 1. The molecule has 29 heavy (non-hydrogen) atoms. The van der Waals surface area contributed by atoms with Crippen molar-refractivity contribution in [1.29, 1.82) is 0 Å². The zero-order valence-corrected chi connectivity index (χ0v) is 17.8. The molecule has 5 rings (SSSR count). The van der Waals surface area contributed by atoms with Crippen LogP contribution in [-0.2, 0) is 6.54 Å². The standard InChI is InChI=1S/C20H17NO.C5H5N.BrH/c1-14-7-5-10-16-19-17(11-6-12-18(19)22)21(20(14)16)13-15-8-3-2-4-9-15;1-2-4-6-5-3-1;/h2-12,22H,13H2,1H3;1-5H;1H. The van der Waals surface area contributed by atoms with Crippen LogP contribution < -0.4 is 22.0 Å². The molecule has 2 heterocycles. The summed E-state index contributed by atoms with van der Waals surface area (Å²) < 4.78 is 2.30. The van der Waals surface area contributed by atoms with Gasteiger partial charge in [0.2, 0.25) is 0 Å². The van der Waals surface area contributed by atoms with Crippen molar-refractivity contribution in [3.63, 3.8) is 0 Å². The molecule has 0 amide bonds. The number of aromatic hydroxyl groups is 1. The Bertz CT molecular complexity index is 1170. The van der Waals surface area contributed by atoms with E-state index in [1.165, 1.54) is 16.6 Å². The molecule has 2 aromatic heterocycles. The molecule has 0 aliphatic rings. The molecule has 0 radical (unpaired) electrons. The SMILES string of the molecule is Cc1cccc2c3c(O)cccc3n(Cc3ccccc3)c12.[Br-].c1cc[nH+]cc1. The Morgan fingerprint density at radius 1 is 0.793 bits per heavy atom. The number of rotatable bonds is 2. The molecule has 146 valence electrons. The lowest BCUT2D eigenvalue weighted by molar-refractivity contribution is -0.377. The summed E-state index contributed by atoms with van der Waals surface area (Å²) in [6.07, 6.45) is 3.75. The van der Waals surface area contributed by atoms with Crippen LogP contribution in [0.15, 0.2) is 97.3 Å². The summed E-state index contributed by atoms with van der Waals surface area (Å²) >= 11 is 0. The minimum Gasteiger partial charge on any atom is -1.00 e. The first kappa shape index (κ1) is 20.6. The molecule has 0 saturated carbocycles. The predicted molar refractivity (Wildman–Crippen MR) is 114 cm³/mol. The molecule has 0 atom stereocenters. The van der Waals surface area contributed by atoms with Gasteiger partial charge in [-0.2, -0.15) is 0 Å². The maximum absolute atomic E-state index is 10.3. The van der Waals surface area contributed by atoms with Gasteiger partial charge in [0.05, 0.1) is 11.0 Å². The third-order valence-corrected chi connectivity index (χ3v) is 4.88. The number of fused-ring (bicyclic) bond motifs is 3. The van der Waals surface area contributed by atoms with Gasteiger partial charge in [0, 0.05) is 29.4 Å². The first-order chi connectivity index (χ1) is 13.8. The van der Waals surface area contributed by atoms with E-state index in [0.717, 1.165) is 22.8 Å². The Morgan fingerprint density at radius 2 is 1.48 bits per heavy atom. The van der Waals surface area contributed by atoms with Crippen molar-refractivity contribution in [2.45, 2.75) is 13.5 Å². The van der Waals surface area contributed by atoms with Crippen LogP contribution in [0.5, 0.6) is 5.75 Å². The maximum atomic E-state index is 10.3. The number of hydrogen-bond donors (Lipinski definition) is 1. The van der Waals surface area contributed by atoms with Gasteiger partial charge in [-0.25, -0.2) is 4.98 Å². The van der Waals surface area contributed by atoms with Gasteiger partial charge in [0.25, 0.3) is 0 Å². The van der Waals surface area contributed by atoms with E-state index in [1.807, 2.05) is 42.7 Å². The van der Waals surface area contributed by atoms with Crippen molar-refractivity contribution < 1.29 is 27.1 Å². The lowest BCUT2D eigenvalue weighted by Gasteiger charge is -2.09. The van der Waals surface area contributed by atoms with Crippen LogP contribution in [0.2, 0.25) is 0 Å². The van der Waals surface area contributed by atoms with Gasteiger partial charge < -0.3 is 26.7 Å². The highest BCUT2D eigenvalue weighted by Gasteiger charge is 2.14. The number of hydrogen-bond acceptors (Lipinski definition) is 1. The monoisotopic (exact) mass is 446 g/mol. The van der Waals surface area contributed by atoms with Crippen LogP contribution in [0.25, 0.3) is 21.8 Å². The number of phenols is 1. The van der Waals surface area contributed by atoms with E-state index >= 15 is 0 Å². The van der Waals surface area contributed by atoms with E-state index in [4.69, 9.17) is 0 Å². The van der Waals surface area contributed by atoms with Gasteiger partial charge in [0.15, 0.2) is 12.4 Å². The fraction of sp³-hybridized carbons (Fsp3) is 0.0800. The van der Waals surface area contributed by atoms with Gasteiger partial charge in [-0.1, -0.05) is 60.7 Å². The van der Waals surface area contributed by atoms with Crippen molar-refractivity contribution in [3.8, 4) is 5.75 Å². The van der Waals surface area contributed by atoms with Crippen molar-refractivity contribution >= 4 is 21.8 Å². The minimum atomic E-state index is 0. The smallest absolute Gasteiger partial charge is 0.166 e. The summed E-state index contributed by atoms with van der Waals surface area (Å²) in [7, 11) is 0. The molecule has 2 N–H and O–H groups in total. The van der Waals surface area contributed by atoms with Crippen LogP contribution in [-0.4, -0.2) is 9.67 Å². The first-order valence-corrected chi connectivity index (χ1v) is 9.40. The quantitative estimate of drug-likeness (QED) is 0.444. The third kappa shape index (κ3) is 4.33. The third-order valence-electron chi connectivity index (χ3n) is 4.88. The number of H-pyrrole nitrogens is 1. The molecule has 0 saturated heterocycles. The number of halogens is 1. The Labute approximate surface area is 181 Å². The van der Waals surface area contributed by atoms with E-state index in [2.05, 4.69) is 65.0 Å². The first-order valence-electron chi connectivity index (χ1n) is 9.40. The van der Waals surface area contributed by atoms with Gasteiger partial charge in [0.1, 0.15) is 5.75 Å². The second-order valence-corrected chi connectivity index (χ2v) is 6.79. The van der Waals surface area contributed by atoms with Crippen LogP contribution in [0.1, 0.15) is 11.1 Å². The topological polar surface area (TPSA) is 39.3 Å². The minimum absolute atomic E-state index is 0.